The lowest BCUT2D eigenvalue weighted by Crippen LogP contribution is -2.57. The van der Waals surface area contributed by atoms with Crippen molar-refractivity contribution in [1.82, 2.24) is 10.2 Å². The molecule has 3 aliphatic rings. The first-order chi connectivity index (χ1) is 9.28. The van der Waals surface area contributed by atoms with E-state index in [0.717, 1.165) is 25.8 Å². The molecule has 0 radical (unpaired) electrons. The van der Waals surface area contributed by atoms with E-state index < -0.39 is 0 Å². The predicted molar refractivity (Wildman–Crippen MR) is 73.7 cm³/mol. The van der Waals surface area contributed by atoms with Gasteiger partial charge in [-0.15, -0.1) is 0 Å². The zero-order chi connectivity index (χ0) is 13.2. The van der Waals surface area contributed by atoms with E-state index in [4.69, 9.17) is 0 Å². The van der Waals surface area contributed by atoms with Crippen LogP contribution in [0.2, 0.25) is 0 Å². The lowest BCUT2D eigenvalue weighted by Gasteiger charge is -2.49. The maximum absolute atomic E-state index is 11.6. The standard InChI is InChI=1S/C15H26N2O2/c18-10-12-8-11(13-4-3-6-15(19)16-13)9-17-7-2-1-5-14(12)17/h11-14,18H,1-10H2,(H,16,19). The van der Waals surface area contributed by atoms with Crippen LogP contribution in [0.3, 0.4) is 0 Å². The van der Waals surface area contributed by atoms with Crippen molar-refractivity contribution in [2.45, 2.75) is 57.0 Å². The summed E-state index contributed by atoms with van der Waals surface area (Å²) in [7, 11) is 0. The summed E-state index contributed by atoms with van der Waals surface area (Å²) in [6.07, 6.45) is 7.77. The highest BCUT2D eigenvalue weighted by Gasteiger charge is 2.40. The van der Waals surface area contributed by atoms with Gasteiger partial charge in [-0.25, -0.2) is 0 Å². The number of hydrogen-bond acceptors (Lipinski definition) is 3. The third kappa shape index (κ3) is 2.79. The molecule has 3 fully saturated rings. The first kappa shape index (κ1) is 13.4. The van der Waals surface area contributed by atoms with Crippen LogP contribution in [-0.4, -0.2) is 47.7 Å². The molecule has 3 saturated heterocycles. The van der Waals surface area contributed by atoms with Crippen LogP contribution in [0.4, 0.5) is 0 Å². The van der Waals surface area contributed by atoms with Gasteiger partial charge in [-0.05, 0) is 50.5 Å². The fourth-order valence-electron chi connectivity index (χ4n) is 4.37. The SMILES string of the molecule is O=C1CCCC(C2CC(CO)C3CCCCN3C2)N1. The van der Waals surface area contributed by atoms with Gasteiger partial charge in [0.2, 0.25) is 5.91 Å². The van der Waals surface area contributed by atoms with Crippen molar-refractivity contribution < 1.29 is 9.90 Å². The van der Waals surface area contributed by atoms with Crippen LogP contribution in [0.15, 0.2) is 0 Å². The Kier molecular flexibility index (Phi) is 4.08. The minimum atomic E-state index is 0.220. The number of hydrogen-bond donors (Lipinski definition) is 2. The number of nitrogens with one attached hydrogen (secondary N) is 1. The molecule has 3 heterocycles. The summed E-state index contributed by atoms with van der Waals surface area (Å²) in [6, 6.07) is 0.937. The van der Waals surface area contributed by atoms with Crippen molar-refractivity contribution in [2.75, 3.05) is 19.7 Å². The van der Waals surface area contributed by atoms with E-state index in [0.29, 0.717) is 36.9 Å². The minimum absolute atomic E-state index is 0.220. The van der Waals surface area contributed by atoms with Gasteiger partial charge in [0.25, 0.3) is 0 Å². The van der Waals surface area contributed by atoms with Crippen molar-refractivity contribution in [2.24, 2.45) is 11.8 Å². The Bertz CT molecular complexity index is 326. The molecule has 0 spiro atoms. The van der Waals surface area contributed by atoms with Gasteiger partial charge in [-0.3, -0.25) is 9.69 Å². The highest BCUT2D eigenvalue weighted by atomic mass is 16.3. The molecule has 0 aromatic carbocycles. The smallest absolute Gasteiger partial charge is 0.220 e. The molecule has 4 nitrogen and oxygen atoms in total. The summed E-state index contributed by atoms with van der Waals surface area (Å²) in [5.41, 5.74) is 0. The van der Waals surface area contributed by atoms with Crippen LogP contribution in [-0.2, 0) is 4.79 Å². The molecular formula is C15H26N2O2. The molecule has 0 bridgehead atoms. The Balaban J connectivity index is 1.67. The van der Waals surface area contributed by atoms with E-state index in [1.807, 2.05) is 0 Å². The Morgan fingerprint density at radius 3 is 2.95 bits per heavy atom. The number of carbonyl (C=O) groups is 1. The molecule has 0 aromatic rings. The molecule has 1 amide bonds. The molecular weight excluding hydrogens is 240 g/mol. The summed E-state index contributed by atoms with van der Waals surface area (Å²) >= 11 is 0. The first-order valence-electron chi connectivity index (χ1n) is 7.92. The summed E-state index contributed by atoms with van der Waals surface area (Å²) < 4.78 is 0. The summed E-state index contributed by atoms with van der Waals surface area (Å²) in [5.74, 6) is 1.17. The van der Waals surface area contributed by atoms with Gasteiger partial charge in [0, 0.05) is 31.7 Å². The van der Waals surface area contributed by atoms with Crippen LogP contribution < -0.4 is 5.32 Å². The van der Waals surface area contributed by atoms with E-state index >= 15 is 0 Å². The van der Waals surface area contributed by atoms with Crippen molar-refractivity contribution in [1.29, 1.82) is 0 Å². The molecule has 0 saturated carbocycles. The molecule has 4 heteroatoms. The van der Waals surface area contributed by atoms with E-state index in [2.05, 4.69) is 10.2 Å². The fourth-order valence-corrected chi connectivity index (χ4v) is 4.37. The van der Waals surface area contributed by atoms with Crippen molar-refractivity contribution >= 4 is 5.91 Å². The van der Waals surface area contributed by atoms with Gasteiger partial charge < -0.3 is 10.4 Å². The third-order valence-electron chi connectivity index (χ3n) is 5.35. The molecule has 2 N–H and O–H groups in total. The van der Waals surface area contributed by atoms with Gasteiger partial charge in [-0.1, -0.05) is 6.42 Å². The predicted octanol–water partition coefficient (Wildman–Crippen LogP) is 1.14. The van der Waals surface area contributed by atoms with E-state index in [1.54, 1.807) is 0 Å². The summed E-state index contributed by atoms with van der Waals surface area (Å²) in [4.78, 5) is 14.2. The number of piperidine rings is 3. The lowest BCUT2D eigenvalue weighted by molar-refractivity contribution is -0.124. The monoisotopic (exact) mass is 266 g/mol. The molecule has 4 atom stereocenters. The zero-order valence-electron chi connectivity index (χ0n) is 11.7. The number of amides is 1. The number of carbonyl (C=O) groups excluding carboxylic acids is 1. The minimum Gasteiger partial charge on any atom is -0.396 e. The van der Waals surface area contributed by atoms with Crippen LogP contribution in [0, 0.1) is 11.8 Å². The highest BCUT2D eigenvalue weighted by Crippen LogP contribution is 2.36. The zero-order valence-corrected chi connectivity index (χ0v) is 11.7. The summed E-state index contributed by atoms with van der Waals surface area (Å²) in [6.45, 7) is 2.60. The van der Waals surface area contributed by atoms with E-state index in [9.17, 15) is 9.90 Å². The Morgan fingerprint density at radius 2 is 2.16 bits per heavy atom. The average molecular weight is 266 g/mol. The second-order valence-corrected chi connectivity index (χ2v) is 6.56. The second-order valence-electron chi connectivity index (χ2n) is 6.56. The number of nitrogens with zero attached hydrogens (tertiary/aromatic N) is 1. The van der Waals surface area contributed by atoms with Crippen LogP contribution in [0.1, 0.15) is 44.9 Å². The quantitative estimate of drug-likeness (QED) is 0.788. The topological polar surface area (TPSA) is 52.6 Å². The number of fused-ring (bicyclic) bond motifs is 1. The summed E-state index contributed by atoms with van der Waals surface area (Å²) in [5, 5.41) is 12.9. The second kappa shape index (κ2) is 5.80. The maximum Gasteiger partial charge on any atom is 0.220 e. The highest BCUT2D eigenvalue weighted by molar-refractivity contribution is 5.76. The lowest BCUT2D eigenvalue weighted by atomic mass is 9.75. The molecule has 108 valence electrons. The Hall–Kier alpha value is -0.610. The van der Waals surface area contributed by atoms with Crippen LogP contribution in [0.25, 0.3) is 0 Å². The van der Waals surface area contributed by atoms with Gasteiger partial charge >= 0.3 is 0 Å². The molecule has 3 aliphatic heterocycles. The number of aliphatic hydroxyl groups excluding tert-OH is 1. The van der Waals surface area contributed by atoms with E-state index in [-0.39, 0.29) is 5.91 Å². The van der Waals surface area contributed by atoms with Gasteiger partial charge in [0.15, 0.2) is 0 Å². The van der Waals surface area contributed by atoms with Crippen LogP contribution in [0.5, 0.6) is 0 Å². The number of rotatable bonds is 2. The molecule has 19 heavy (non-hydrogen) atoms. The molecule has 0 aliphatic carbocycles. The molecule has 0 aromatic heterocycles. The third-order valence-corrected chi connectivity index (χ3v) is 5.35. The Morgan fingerprint density at radius 1 is 1.26 bits per heavy atom. The van der Waals surface area contributed by atoms with Crippen molar-refractivity contribution in [3.8, 4) is 0 Å². The molecule has 4 unspecified atom stereocenters. The van der Waals surface area contributed by atoms with Gasteiger partial charge in [-0.2, -0.15) is 0 Å². The van der Waals surface area contributed by atoms with Gasteiger partial charge in [0.05, 0.1) is 0 Å². The Labute approximate surface area is 115 Å². The van der Waals surface area contributed by atoms with Crippen molar-refractivity contribution in [3.63, 3.8) is 0 Å². The fraction of sp³-hybridized carbons (Fsp3) is 0.933. The first-order valence-corrected chi connectivity index (χ1v) is 7.92. The normalized spacial score (nSPS) is 40.6. The van der Waals surface area contributed by atoms with Gasteiger partial charge in [0.1, 0.15) is 0 Å². The van der Waals surface area contributed by atoms with Crippen LogP contribution >= 0.6 is 0 Å². The molecule has 3 rings (SSSR count). The van der Waals surface area contributed by atoms with Crippen molar-refractivity contribution in [3.05, 3.63) is 0 Å². The van der Waals surface area contributed by atoms with E-state index in [1.165, 1.54) is 25.8 Å². The largest absolute Gasteiger partial charge is 0.396 e. The number of aliphatic hydroxyl groups is 1. The maximum atomic E-state index is 11.6. The average Bonchev–Trinajstić information content (AvgIpc) is 2.46.